The minimum absolute atomic E-state index is 0.331. The van der Waals surface area contributed by atoms with Crippen LogP contribution in [0.5, 0.6) is 0 Å². The molecular weight excluding hydrogens is 399 g/mol. The van der Waals surface area contributed by atoms with Gasteiger partial charge in [-0.15, -0.1) is 10.2 Å². The van der Waals surface area contributed by atoms with E-state index in [1.807, 2.05) is 12.1 Å². The molecule has 4 nitrogen and oxygen atoms in total. The lowest BCUT2D eigenvalue weighted by Gasteiger charge is -2.24. The molecule has 0 unspecified atom stereocenters. The van der Waals surface area contributed by atoms with Crippen LogP contribution in [0.15, 0.2) is 30.3 Å². The first-order valence-corrected chi connectivity index (χ1v) is 11.4. The third kappa shape index (κ3) is 5.30. The van der Waals surface area contributed by atoms with Gasteiger partial charge in [0.05, 0.1) is 10.7 Å². The van der Waals surface area contributed by atoms with Crippen molar-refractivity contribution in [3.8, 4) is 11.3 Å². The molecule has 1 aliphatic carbocycles. The molecule has 6 heteroatoms. The second-order valence-corrected chi connectivity index (χ2v) is 10.6. The van der Waals surface area contributed by atoms with Gasteiger partial charge in [0.15, 0.2) is 0 Å². The van der Waals surface area contributed by atoms with E-state index in [4.69, 9.17) is 11.6 Å². The molecule has 0 bridgehead atoms. The molecule has 2 aromatic rings. The Morgan fingerprint density at radius 1 is 1.10 bits per heavy atom. The highest BCUT2D eigenvalue weighted by atomic mass is 35.5. The maximum atomic E-state index is 13.5. The fraction of sp³-hybridized carbons (Fsp3) is 0.583. The predicted octanol–water partition coefficient (Wildman–Crippen LogP) is 5.74. The molecule has 0 radical (unpaired) electrons. The van der Waals surface area contributed by atoms with E-state index in [0.717, 1.165) is 24.2 Å². The zero-order valence-corrected chi connectivity index (χ0v) is 18.9. The Bertz CT molecular complexity index is 850. The molecule has 30 heavy (non-hydrogen) atoms. The van der Waals surface area contributed by atoms with Crippen molar-refractivity contribution in [3.05, 3.63) is 41.2 Å². The van der Waals surface area contributed by atoms with Crippen molar-refractivity contribution in [1.29, 1.82) is 0 Å². The van der Waals surface area contributed by atoms with E-state index in [9.17, 15) is 4.39 Å². The summed E-state index contributed by atoms with van der Waals surface area (Å²) in [6, 6.07) is 8.01. The third-order valence-corrected chi connectivity index (χ3v) is 6.87. The average molecular weight is 431 g/mol. The van der Waals surface area contributed by atoms with Crippen LogP contribution in [0.1, 0.15) is 40.0 Å². The predicted molar refractivity (Wildman–Crippen MR) is 121 cm³/mol. The molecule has 3 atom stereocenters. The van der Waals surface area contributed by atoms with Crippen molar-refractivity contribution in [2.24, 2.45) is 23.2 Å². The van der Waals surface area contributed by atoms with Crippen LogP contribution in [-0.4, -0.2) is 41.3 Å². The first-order valence-electron chi connectivity index (χ1n) is 11.0. The number of nitrogens with one attached hydrogen (secondary N) is 1. The second-order valence-electron chi connectivity index (χ2n) is 10.2. The summed E-state index contributed by atoms with van der Waals surface area (Å²) in [6.07, 6.45) is 3.87. The SMILES string of the molecule is CC(C)(C)CCN1C[C@H]2C[C@H](CNc3ccc(-c4cc(F)ccc4Cl)nn3)C[C@H]2C1. The first kappa shape index (κ1) is 21.5. The molecule has 0 spiro atoms. The molecule has 1 N–H and O–H groups in total. The normalized spacial score (nSPS) is 24.2. The summed E-state index contributed by atoms with van der Waals surface area (Å²) in [4.78, 5) is 2.67. The molecule has 0 amide bonds. The van der Waals surface area contributed by atoms with Gasteiger partial charge in [-0.3, -0.25) is 0 Å². The van der Waals surface area contributed by atoms with Gasteiger partial charge in [-0.1, -0.05) is 32.4 Å². The summed E-state index contributed by atoms with van der Waals surface area (Å²) in [6.45, 7) is 11.7. The highest BCUT2D eigenvalue weighted by Gasteiger charge is 2.40. The molecule has 2 aliphatic rings. The van der Waals surface area contributed by atoms with Gasteiger partial charge >= 0.3 is 0 Å². The molecule has 162 valence electrons. The monoisotopic (exact) mass is 430 g/mol. The molecule has 2 heterocycles. The zero-order chi connectivity index (χ0) is 21.3. The van der Waals surface area contributed by atoms with Crippen LogP contribution in [0, 0.1) is 29.0 Å². The molecule has 2 fully saturated rings. The molecule has 1 aromatic heterocycles. The van der Waals surface area contributed by atoms with Crippen LogP contribution >= 0.6 is 11.6 Å². The van der Waals surface area contributed by atoms with E-state index >= 15 is 0 Å². The van der Waals surface area contributed by atoms with Crippen molar-refractivity contribution in [2.45, 2.75) is 40.0 Å². The molecular formula is C24H32ClFN4. The van der Waals surface area contributed by atoms with Gasteiger partial charge in [0.2, 0.25) is 0 Å². The van der Waals surface area contributed by atoms with Crippen LogP contribution in [0.25, 0.3) is 11.3 Å². The summed E-state index contributed by atoms with van der Waals surface area (Å²) in [5.74, 6) is 2.82. The van der Waals surface area contributed by atoms with Crippen LogP contribution in [0.3, 0.4) is 0 Å². The van der Waals surface area contributed by atoms with Gasteiger partial charge in [-0.25, -0.2) is 4.39 Å². The second kappa shape index (κ2) is 8.80. The van der Waals surface area contributed by atoms with Crippen molar-refractivity contribution >= 4 is 17.4 Å². The van der Waals surface area contributed by atoms with E-state index in [-0.39, 0.29) is 5.82 Å². The lowest BCUT2D eigenvalue weighted by atomic mass is 9.92. The highest BCUT2D eigenvalue weighted by molar-refractivity contribution is 6.33. The van der Waals surface area contributed by atoms with E-state index < -0.39 is 0 Å². The van der Waals surface area contributed by atoms with E-state index in [1.54, 1.807) is 6.07 Å². The third-order valence-electron chi connectivity index (χ3n) is 6.54. The number of halogens is 2. The maximum Gasteiger partial charge on any atom is 0.148 e. The van der Waals surface area contributed by atoms with Gasteiger partial charge in [-0.2, -0.15) is 0 Å². The Balaban J connectivity index is 1.25. The van der Waals surface area contributed by atoms with Crippen LogP contribution in [0.4, 0.5) is 10.2 Å². The van der Waals surface area contributed by atoms with E-state index in [1.165, 1.54) is 51.0 Å². The Morgan fingerprint density at radius 2 is 1.83 bits per heavy atom. The minimum atomic E-state index is -0.331. The number of aromatic nitrogens is 2. The van der Waals surface area contributed by atoms with Crippen LogP contribution < -0.4 is 5.32 Å². The summed E-state index contributed by atoms with van der Waals surface area (Å²) >= 11 is 6.16. The fourth-order valence-corrected chi connectivity index (χ4v) is 5.09. The molecule has 1 saturated carbocycles. The number of fused-ring (bicyclic) bond motifs is 1. The van der Waals surface area contributed by atoms with E-state index in [0.29, 0.717) is 27.6 Å². The van der Waals surface area contributed by atoms with Gasteiger partial charge in [0.1, 0.15) is 11.6 Å². The van der Waals surface area contributed by atoms with E-state index in [2.05, 4.69) is 41.2 Å². The standard InChI is InChI=1S/C24H32ClFN4/c1-24(2,3)8-9-30-14-17-10-16(11-18(17)15-30)13-27-23-7-6-22(28-29-23)20-12-19(26)4-5-21(20)25/h4-7,12,16-18H,8-11,13-15H2,1-3H3,(H,27,29)/t16-,17+,18-. The number of benzene rings is 1. The highest BCUT2D eigenvalue weighted by Crippen LogP contribution is 2.41. The summed E-state index contributed by atoms with van der Waals surface area (Å²) in [5, 5.41) is 12.4. The zero-order valence-electron chi connectivity index (χ0n) is 18.2. The lowest BCUT2D eigenvalue weighted by Crippen LogP contribution is -2.27. The lowest BCUT2D eigenvalue weighted by molar-refractivity contribution is 0.246. The Labute approximate surface area is 184 Å². The van der Waals surface area contributed by atoms with Crippen LogP contribution in [0.2, 0.25) is 5.02 Å². The number of hydrogen-bond donors (Lipinski definition) is 1. The minimum Gasteiger partial charge on any atom is -0.368 e. The maximum absolute atomic E-state index is 13.5. The number of nitrogens with zero attached hydrogens (tertiary/aromatic N) is 3. The average Bonchev–Trinajstić information content (AvgIpc) is 3.25. The summed E-state index contributed by atoms with van der Waals surface area (Å²) < 4.78 is 13.5. The Kier molecular flexibility index (Phi) is 6.31. The van der Waals surface area contributed by atoms with Gasteiger partial charge in [0.25, 0.3) is 0 Å². The van der Waals surface area contributed by atoms with Gasteiger partial charge < -0.3 is 10.2 Å². The molecule has 1 aliphatic heterocycles. The van der Waals surface area contributed by atoms with Crippen LogP contribution in [-0.2, 0) is 0 Å². The first-order chi connectivity index (χ1) is 14.3. The summed E-state index contributed by atoms with van der Waals surface area (Å²) in [7, 11) is 0. The molecule has 1 aromatic carbocycles. The Morgan fingerprint density at radius 3 is 2.47 bits per heavy atom. The van der Waals surface area contributed by atoms with Crippen molar-refractivity contribution in [1.82, 2.24) is 15.1 Å². The summed E-state index contributed by atoms with van der Waals surface area (Å²) in [5.41, 5.74) is 1.56. The number of rotatable bonds is 6. The largest absolute Gasteiger partial charge is 0.368 e. The topological polar surface area (TPSA) is 41.0 Å². The number of anilines is 1. The van der Waals surface area contributed by atoms with Crippen molar-refractivity contribution in [2.75, 3.05) is 31.5 Å². The molecule has 1 saturated heterocycles. The van der Waals surface area contributed by atoms with Gasteiger partial charge in [-0.05, 0) is 79.3 Å². The Hall–Kier alpha value is -1.72. The fourth-order valence-electron chi connectivity index (χ4n) is 4.88. The van der Waals surface area contributed by atoms with Gasteiger partial charge in [0, 0.05) is 25.2 Å². The number of likely N-dealkylation sites (tertiary alicyclic amines) is 1. The molecule has 4 rings (SSSR count). The number of hydrogen-bond acceptors (Lipinski definition) is 4. The quantitative estimate of drug-likeness (QED) is 0.634. The smallest absolute Gasteiger partial charge is 0.148 e. The van der Waals surface area contributed by atoms with Crippen molar-refractivity contribution in [3.63, 3.8) is 0 Å². The van der Waals surface area contributed by atoms with Crippen molar-refractivity contribution < 1.29 is 4.39 Å².